The largest absolute Gasteiger partial charge is 0.479 e. The van der Waals surface area contributed by atoms with Crippen molar-refractivity contribution in [2.24, 2.45) is 0 Å². The van der Waals surface area contributed by atoms with E-state index in [2.05, 4.69) is 10.8 Å². The van der Waals surface area contributed by atoms with Gasteiger partial charge in [-0.2, -0.15) is 0 Å². The number of carboxylic acids is 1. The third kappa shape index (κ3) is 6.12. The number of ether oxygens (including phenoxy) is 2. The minimum Gasteiger partial charge on any atom is -0.479 e. The Kier molecular flexibility index (Phi) is 9.00. The molecule has 1 aliphatic rings. The van der Waals surface area contributed by atoms with Crippen LogP contribution in [0.15, 0.2) is 48.5 Å². The van der Waals surface area contributed by atoms with Crippen LogP contribution in [0.3, 0.4) is 0 Å². The zero-order valence-electron chi connectivity index (χ0n) is 19.3. The second-order valence-corrected chi connectivity index (χ2v) is 8.03. The zero-order valence-corrected chi connectivity index (χ0v) is 19.3. The van der Waals surface area contributed by atoms with Crippen molar-refractivity contribution in [3.63, 3.8) is 0 Å². The van der Waals surface area contributed by atoms with Crippen LogP contribution >= 0.6 is 0 Å². The molecule has 34 heavy (non-hydrogen) atoms. The van der Waals surface area contributed by atoms with E-state index >= 15 is 0 Å². The predicted octanol–water partition coefficient (Wildman–Crippen LogP) is 3.23. The molecule has 2 atom stereocenters. The molecular formula is C25H30N2O7. The second kappa shape index (κ2) is 12.2. The Hall–Kier alpha value is -3.43. The smallest absolute Gasteiger partial charge is 0.407 e. The standard InChI is InChI=1S/C25H30N2O7/c1-3-4-13-21(23(28)27-34-22(15-32-2)24(29)30)26-25(31)33-14-20-18-11-7-5-9-16(18)17-10-6-8-12-19(17)20/h5-12,20-22H,3-4,13-15H2,1-2H3,(H,26,31)(H,27,28)(H,29,30)/t21-,22?/m0/s1. The third-order valence-corrected chi connectivity index (χ3v) is 5.69. The number of carbonyl (C=O) groups is 3. The number of carbonyl (C=O) groups excluding carboxylic acids is 2. The average Bonchev–Trinajstić information content (AvgIpc) is 3.16. The molecule has 182 valence electrons. The Labute approximate surface area is 198 Å². The summed E-state index contributed by atoms with van der Waals surface area (Å²) in [6, 6.07) is 15.1. The first-order valence-electron chi connectivity index (χ1n) is 11.2. The van der Waals surface area contributed by atoms with Crippen LogP contribution in [0.2, 0.25) is 0 Å². The van der Waals surface area contributed by atoms with E-state index in [1.54, 1.807) is 0 Å². The highest BCUT2D eigenvalue weighted by Gasteiger charge is 2.30. The molecule has 2 amide bonds. The summed E-state index contributed by atoms with van der Waals surface area (Å²) >= 11 is 0. The maximum Gasteiger partial charge on any atom is 0.407 e. The fourth-order valence-corrected chi connectivity index (χ4v) is 3.97. The van der Waals surface area contributed by atoms with Crippen LogP contribution in [0.5, 0.6) is 0 Å². The second-order valence-electron chi connectivity index (χ2n) is 8.03. The first kappa shape index (κ1) is 25.2. The zero-order chi connectivity index (χ0) is 24.5. The summed E-state index contributed by atoms with van der Waals surface area (Å²) in [4.78, 5) is 41.3. The van der Waals surface area contributed by atoms with E-state index in [4.69, 9.17) is 19.4 Å². The number of hydrogen-bond donors (Lipinski definition) is 3. The summed E-state index contributed by atoms with van der Waals surface area (Å²) in [5.74, 6) is -2.05. The molecule has 0 heterocycles. The third-order valence-electron chi connectivity index (χ3n) is 5.69. The number of hydrogen-bond acceptors (Lipinski definition) is 6. The number of nitrogens with one attached hydrogen (secondary N) is 2. The molecule has 0 radical (unpaired) electrons. The fraction of sp³-hybridized carbons (Fsp3) is 0.400. The van der Waals surface area contributed by atoms with Gasteiger partial charge in [-0.25, -0.2) is 15.1 Å². The van der Waals surface area contributed by atoms with Crippen LogP contribution in [0.4, 0.5) is 4.79 Å². The van der Waals surface area contributed by atoms with Crippen LogP contribution in [0.25, 0.3) is 11.1 Å². The molecule has 0 spiro atoms. The number of hydroxylamine groups is 1. The SMILES string of the molecule is CCCC[C@H](NC(=O)OCC1c2ccccc2-c2ccccc21)C(=O)NOC(COC)C(=O)O. The molecule has 9 nitrogen and oxygen atoms in total. The normalized spacial score (nSPS) is 13.9. The van der Waals surface area contributed by atoms with Crippen molar-refractivity contribution in [2.75, 3.05) is 20.3 Å². The Morgan fingerprint density at radius 1 is 1.03 bits per heavy atom. The number of aliphatic carboxylic acids is 1. The maximum absolute atomic E-state index is 12.6. The summed E-state index contributed by atoms with van der Waals surface area (Å²) in [5.41, 5.74) is 6.53. The summed E-state index contributed by atoms with van der Waals surface area (Å²) in [7, 11) is 1.32. The van der Waals surface area contributed by atoms with Crippen LogP contribution in [-0.2, 0) is 23.9 Å². The number of rotatable bonds is 12. The number of methoxy groups -OCH3 is 1. The van der Waals surface area contributed by atoms with Crippen molar-refractivity contribution in [3.8, 4) is 11.1 Å². The van der Waals surface area contributed by atoms with Crippen molar-refractivity contribution in [1.29, 1.82) is 0 Å². The van der Waals surface area contributed by atoms with Crippen molar-refractivity contribution < 1.29 is 33.8 Å². The average molecular weight is 471 g/mol. The summed E-state index contributed by atoms with van der Waals surface area (Å²) in [6.45, 7) is 1.83. The van der Waals surface area contributed by atoms with Gasteiger partial charge in [0.15, 0.2) is 0 Å². The number of alkyl carbamates (subject to hydrolysis) is 1. The van der Waals surface area contributed by atoms with Gasteiger partial charge in [-0.05, 0) is 28.7 Å². The maximum atomic E-state index is 12.6. The van der Waals surface area contributed by atoms with Crippen LogP contribution in [0.1, 0.15) is 43.2 Å². The number of amides is 2. The molecule has 3 rings (SSSR count). The molecule has 0 saturated carbocycles. The summed E-state index contributed by atoms with van der Waals surface area (Å²) in [6.07, 6.45) is -0.279. The molecule has 2 aromatic carbocycles. The Morgan fingerprint density at radius 3 is 2.21 bits per heavy atom. The monoisotopic (exact) mass is 470 g/mol. The Balaban J connectivity index is 1.61. The van der Waals surface area contributed by atoms with Gasteiger partial charge in [0.05, 0.1) is 6.61 Å². The van der Waals surface area contributed by atoms with Crippen molar-refractivity contribution in [1.82, 2.24) is 10.8 Å². The minimum atomic E-state index is -1.37. The first-order valence-corrected chi connectivity index (χ1v) is 11.2. The van der Waals surface area contributed by atoms with Crippen LogP contribution in [0, 0.1) is 0 Å². The topological polar surface area (TPSA) is 123 Å². The van der Waals surface area contributed by atoms with Gasteiger partial charge in [0.1, 0.15) is 12.6 Å². The number of fused-ring (bicyclic) bond motifs is 3. The molecule has 0 aromatic heterocycles. The van der Waals surface area contributed by atoms with E-state index in [-0.39, 0.29) is 19.1 Å². The van der Waals surface area contributed by atoms with E-state index in [1.165, 1.54) is 7.11 Å². The van der Waals surface area contributed by atoms with E-state index in [0.717, 1.165) is 28.7 Å². The van der Waals surface area contributed by atoms with Crippen molar-refractivity contribution in [3.05, 3.63) is 59.7 Å². The first-order chi connectivity index (χ1) is 16.5. The van der Waals surface area contributed by atoms with Gasteiger partial charge < -0.3 is 19.9 Å². The van der Waals surface area contributed by atoms with Crippen LogP contribution in [-0.4, -0.2) is 55.5 Å². The lowest BCUT2D eigenvalue weighted by molar-refractivity contribution is -0.165. The van der Waals surface area contributed by atoms with Gasteiger partial charge in [-0.1, -0.05) is 68.3 Å². The predicted molar refractivity (Wildman–Crippen MR) is 124 cm³/mol. The number of unbranched alkanes of at least 4 members (excludes halogenated alkanes) is 1. The molecule has 9 heteroatoms. The molecule has 0 aliphatic heterocycles. The summed E-state index contributed by atoms with van der Waals surface area (Å²) < 4.78 is 10.3. The highest BCUT2D eigenvalue weighted by Crippen LogP contribution is 2.44. The van der Waals surface area contributed by atoms with E-state index in [0.29, 0.717) is 12.8 Å². The quantitative estimate of drug-likeness (QED) is 0.407. The van der Waals surface area contributed by atoms with Gasteiger partial charge in [0.2, 0.25) is 6.10 Å². The van der Waals surface area contributed by atoms with E-state index in [1.807, 2.05) is 55.5 Å². The minimum absolute atomic E-state index is 0.102. The highest BCUT2D eigenvalue weighted by atomic mass is 16.7. The van der Waals surface area contributed by atoms with Gasteiger partial charge >= 0.3 is 12.1 Å². The lowest BCUT2D eigenvalue weighted by Gasteiger charge is -2.20. The van der Waals surface area contributed by atoms with E-state index in [9.17, 15) is 14.4 Å². The van der Waals surface area contributed by atoms with Gasteiger partial charge in [0, 0.05) is 13.0 Å². The van der Waals surface area contributed by atoms with Crippen molar-refractivity contribution >= 4 is 18.0 Å². The Bertz CT molecular complexity index is 965. The van der Waals surface area contributed by atoms with Crippen molar-refractivity contribution in [2.45, 2.75) is 44.2 Å². The summed E-state index contributed by atoms with van der Waals surface area (Å²) in [5, 5.41) is 11.7. The molecule has 0 saturated heterocycles. The molecular weight excluding hydrogens is 440 g/mol. The molecule has 0 bridgehead atoms. The number of benzene rings is 2. The number of carboxylic acid groups (broad SMARTS) is 1. The van der Waals surface area contributed by atoms with Gasteiger partial charge in [-0.15, -0.1) is 0 Å². The Morgan fingerprint density at radius 2 is 1.65 bits per heavy atom. The molecule has 0 fully saturated rings. The van der Waals surface area contributed by atoms with E-state index < -0.39 is 30.1 Å². The van der Waals surface area contributed by atoms with Crippen LogP contribution < -0.4 is 10.8 Å². The molecule has 1 aliphatic carbocycles. The lowest BCUT2D eigenvalue weighted by Crippen LogP contribution is -2.49. The highest BCUT2D eigenvalue weighted by molar-refractivity contribution is 5.85. The molecule has 2 aromatic rings. The lowest BCUT2D eigenvalue weighted by atomic mass is 9.98. The fourth-order valence-electron chi connectivity index (χ4n) is 3.97. The molecule has 1 unspecified atom stereocenters. The van der Waals surface area contributed by atoms with Gasteiger partial charge in [0.25, 0.3) is 5.91 Å². The molecule has 3 N–H and O–H groups in total. The van der Waals surface area contributed by atoms with Gasteiger partial charge in [-0.3, -0.25) is 9.63 Å².